The zero-order valence-electron chi connectivity index (χ0n) is 26.0. The van der Waals surface area contributed by atoms with Gasteiger partial charge in [-0.25, -0.2) is 4.79 Å². The Morgan fingerprint density at radius 2 is 1.64 bits per heavy atom. The fraction of sp³-hybridized carbons (Fsp3) is 0.727. The Morgan fingerprint density at radius 1 is 1.00 bits per heavy atom. The first-order valence-corrected chi connectivity index (χ1v) is 15.8. The minimum atomic E-state index is -0.735. The van der Waals surface area contributed by atoms with Crippen molar-refractivity contribution in [3.63, 3.8) is 0 Å². The number of urea groups is 1. The largest absolute Gasteiger partial charge is 0.381 e. The maximum atomic E-state index is 14.1. The van der Waals surface area contributed by atoms with Gasteiger partial charge < -0.3 is 14.5 Å². The summed E-state index contributed by atoms with van der Waals surface area (Å²) in [7, 11) is 0. The molecule has 0 N–H and O–H groups in total. The first-order chi connectivity index (χ1) is 19.5. The summed E-state index contributed by atoms with van der Waals surface area (Å²) < 4.78 is 5.34. The van der Waals surface area contributed by atoms with Crippen molar-refractivity contribution in [1.29, 1.82) is 0 Å². The molecule has 2 unspecified atom stereocenters. The highest BCUT2D eigenvalue weighted by atomic mass is 35.5. The lowest BCUT2D eigenvalue weighted by Crippen LogP contribution is -2.62. The maximum Gasteiger partial charge on any atom is 0.327 e. The van der Waals surface area contributed by atoms with E-state index in [-0.39, 0.29) is 59.7 Å². The normalized spacial score (nSPS) is 31.8. The summed E-state index contributed by atoms with van der Waals surface area (Å²) in [5, 5.41) is 0. The van der Waals surface area contributed by atoms with Gasteiger partial charge in [0.25, 0.3) is 5.91 Å². The van der Waals surface area contributed by atoms with E-state index >= 15 is 0 Å². The van der Waals surface area contributed by atoms with Crippen molar-refractivity contribution in [3.8, 4) is 0 Å². The number of piperidine rings is 1. The molecule has 1 aromatic carbocycles. The summed E-state index contributed by atoms with van der Waals surface area (Å²) in [4.78, 5) is 49.3. The molecule has 6 rings (SSSR count). The Hall–Kier alpha value is -2.16. The van der Waals surface area contributed by atoms with Gasteiger partial charge in [0, 0.05) is 62.6 Å². The highest BCUT2D eigenvalue weighted by molar-refractivity contribution is 6.07. The Kier molecular flexibility index (Phi) is 8.74. The van der Waals surface area contributed by atoms with Crippen LogP contribution in [0.2, 0.25) is 0 Å². The van der Waals surface area contributed by atoms with E-state index < -0.39 is 5.54 Å². The molecular weight excluding hydrogens is 552 g/mol. The second-order valence-electron chi connectivity index (χ2n) is 14.9. The molecule has 0 aromatic heterocycles. The molecule has 8 nitrogen and oxygen atoms in total. The molecule has 0 radical (unpaired) electrons. The van der Waals surface area contributed by atoms with E-state index in [0.717, 1.165) is 32.5 Å². The molecule has 0 saturated carbocycles. The summed E-state index contributed by atoms with van der Waals surface area (Å²) in [5.41, 5.74) is 0.536. The number of hydrogen-bond donors (Lipinski definition) is 0. The molecule has 4 atom stereocenters. The Morgan fingerprint density at radius 3 is 2.19 bits per heavy atom. The van der Waals surface area contributed by atoms with Crippen LogP contribution in [0.25, 0.3) is 0 Å². The van der Waals surface area contributed by atoms with E-state index in [1.807, 2.05) is 18.7 Å². The molecule has 1 aromatic rings. The lowest BCUT2D eigenvalue weighted by atomic mass is 9.79. The van der Waals surface area contributed by atoms with Gasteiger partial charge in [0.1, 0.15) is 5.54 Å². The van der Waals surface area contributed by atoms with Crippen molar-refractivity contribution in [2.24, 2.45) is 17.3 Å². The van der Waals surface area contributed by atoms with Gasteiger partial charge in [0.15, 0.2) is 0 Å². The number of benzene rings is 1. The number of fused-ring (bicyclic) bond motifs is 2. The first-order valence-electron chi connectivity index (χ1n) is 15.8. The third-order valence-electron chi connectivity index (χ3n) is 10.3. The molecule has 5 aliphatic heterocycles. The first kappa shape index (κ1) is 31.3. The maximum absolute atomic E-state index is 14.1. The molecule has 4 amide bonds. The monoisotopic (exact) mass is 600 g/mol. The number of ether oxygens (including phenoxy) is 1. The van der Waals surface area contributed by atoms with Crippen LogP contribution >= 0.6 is 12.4 Å². The fourth-order valence-electron chi connectivity index (χ4n) is 8.44. The van der Waals surface area contributed by atoms with Crippen molar-refractivity contribution in [2.75, 3.05) is 39.4 Å². The highest BCUT2D eigenvalue weighted by Crippen LogP contribution is 2.49. The summed E-state index contributed by atoms with van der Waals surface area (Å²) in [5.74, 6) is 1.17. The Bertz CT molecular complexity index is 1150. The topological polar surface area (TPSA) is 73.4 Å². The lowest BCUT2D eigenvalue weighted by molar-refractivity contribution is -0.140. The van der Waals surface area contributed by atoms with Crippen LogP contribution in [0.15, 0.2) is 30.3 Å². The minimum absolute atomic E-state index is 0. The number of imide groups is 1. The lowest BCUT2D eigenvalue weighted by Gasteiger charge is -2.48. The SMILES string of the molecule is CC(C)N1C(=O)N(CC2COC2)C(=O)C12CC1CCC(C2)N1C[C@H]1CN(C(=O)CC(C)(C)C)C[C@@H]1c1ccccc1.Cl. The molecule has 1 spiro atoms. The van der Waals surface area contributed by atoms with Crippen LogP contribution in [-0.4, -0.2) is 101 Å². The molecule has 0 aliphatic carbocycles. The number of rotatable bonds is 7. The van der Waals surface area contributed by atoms with E-state index in [4.69, 9.17) is 4.74 Å². The second kappa shape index (κ2) is 11.7. The van der Waals surface area contributed by atoms with Crippen LogP contribution in [0.5, 0.6) is 0 Å². The second-order valence-corrected chi connectivity index (χ2v) is 14.9. The predicted octanol–water partition coefficient (Wildman–Crippen LogP) is 4.77. The standard InChI is InChI=1S/C33H48N4O4.ClH/c1-22(2)37-31(40)36(16-23-20-41-21-23)30(39)33(37)13-26-11-12-27(14-33)35(26)18-25-17-34(29(38)15-32(3,4)5)19-28(25)24-9-7-6-8-10-24;/h6-10,22-23,25-28H,11-21H2,1-5H3;1H/t25-,26?,27?,28-,33?;/m1./s1. The fourth-order valence-corrected chi connectivity index (χ4v) is 8.44. The molecular formula is C33H49ClN4O4. The summed E-state index contributed by atoms with van der Waals surface area (Å²) in [6, 6.07) is 11.1. The predicted molar refractivity (Wildman–Crippen MR) is 164 cm³/mol. The van der Waals surface area contributed by atoms with Crippen LogP contribution in [0, 0.1) is 17.3 Å². The van der Waals surface area contributed by atoms with Crippen molar-refractivity contribution in [2.45, 2.75) is 96.3 Å². The van der Waals surface area contributed by atoms with Gasteiger partial charge in [-0.2, -0.15) is 0 Å². The molecule has 2 bridgehead atoms. The third kappa shape index (κ3) is 5.59. The molecule has 5 saturated heterocycles. The average molecular weight is 601 g/mol. The molecule has 5 aliphatic rings. The van der Waals surface area contributed by atoms with Crippen molar-refractivity contribution in [1.82, 2.24) is 19.6 Å². The number of carbonyl (C=O) groups excluding carboxylic acids is 3. The van der Waals surface area contributed by atoms with Crippen LogP contribution in [-0.2, 0) is 14.3 Å². The molecule has 42 heavy (non-hydrogen) atoms. The van der Waals surface area contributed by atoms with Crippen molar-refractivity contribution >= 4 is 30.3 Å². The zero-order chi connectivity index (χ0) is 29.1. The van der Waals surface area contributed by atoms with E-state index in [1.54, 1.807) is 4.90 Å². The van der Waals surface area contributed by atoms with Gasteiger partial charge in [-0.15, -0.1) is 12.4 Å². The van der Waals surface area contributed by atoms with Crippen molar-refractivity contribution in [3.05, 3.63) is 35.9 Å². The Labute approximate surface area is 257 Å². The van der Waals surface area contributed by atoms with E-state index in [9.17, 15) is 14.4 Å². The number of amides is 4. The van der Waals surface area contributed by atoms with Gasteiger partial charge in [0.2, 0.25) is 5.91 Å². The summed E-state index contributed by atoms with van der Waals surface area (Å²) in [6.07, 6.45) is 4.10. The quantitative estimate of drug-likeness (QED) is 0.422. The molecule has 5 heterocycles. The minimum Gasteiger partial charge on any atom is -0.381 e. The highest BCUT2D eigenvalue weighted by Gasteiger charge is 2.63. The molecule has 9 heteroatoms. The van der Waals surface area contributed by atoms with Gasteiger partial charge >= 0.3 is 6.03 Å². The van der Waals surface area contributed by atoms with Crippen LogP contribution in [0.1, 0.15) is 78.2 Å². The van der Waals surface area contributed by atoms with E-state index in [1.165, 1.54) is 5.56 Å². The molecule has 232 valence electrons. The zero-order valence-corrected chi connectivity index (χ0v) is 26.8. The number of carbonyl (C=O) groups is 3. The van der Waals surface area contributed by atoms with E-state index in [0.29, 0.717) is 50.9 Å². The Balaban J connectivity index is 0.00000353. The van der Waals surface area contributed by atoms with Gasteiger partial charge in [-0.05, 0) is 56.4 Å². The third-order valence-corrected chi connectivity index (χ3v) is 10.3. The smallest absolute Gasteiger partial charge is 0.327 e. The van der Waals surface area contributed by atoms with Crippen LogP contribution in [0.3, 0.4) is 0 Å². The van der Waals surface area contributed by atoms with Crippen molar-refractivity contribution < 1.29 is 19.1 Å². The summed E-state index contributed by atoms with van der Waals surface area (Å²) >= 11 is 0. The summed E-state index contributed by atoms with van der Waals surface area (Å²) in [6.45, 7) is 14.7. The number of likely N-dealkylation sites (tertiary alicyclic amines) is 1. The van der Waals surface area contributed by atoms with Gasteiger partial charge in [0.05, 0.1) is 13.2 Å². The number of hydrogen-bond acceptors (Lipinski definition) is 5. The number of halogens is 1. The molecule has 5 fully saturated rings. The van der Waals surface area contributed by atoms with E-state index in [2.05, 4.69) is 60.9 Å². The van der Waals surface area contributed by atoms with Gasteiger partial charge in [-0.3, -0.25) is 19.4 Å². The average Bonchev–Trinajstić information content (AvgIpc) is 3.46. The van der Waals surface area contributed by atoms with Crippen LogP contribution < -0.4 is 0 Å². The van der Waals surface area contributed by atoms with Crippen LogP contribution in [0.4, 0.5) is 4.79 Å². The number of nitrogens with zero attached hydrogens (tertiary/aromatic N) is 4. The van der Waals surface area contributed by atoms with Gasteiger partial charge in [-0.1, -0.05) is 51.1 Å².